The van der Waals surface area contributed by atoms with Crippen LogP contribution in [0.3, 0.4) is 0 Å². The molecule has 168 valence electrons. The number of rotatable bonds is 2. The van der Waals surface area contributed by atoms with E-state index in [1.54, 1.807) is 33.4 Å². The lowest BCUT2D eigenvalue weighted by atomic mass is 10.0. The highest BCUT2D eigenvalue weighted by Gasteiger charge is 2.34. The first-order chi connectivity index (χ1) is 16.3. The number of pyridine rings is 1. The first kappa shape index (κ1) is 20.6. The molecule has 0 spiro atoms. The predicted octanol–water partition coefficient (Wildman–Crippen LogP) is 6.70. The van der Waals surface area contributed by atoms with Gasteiger partial charge in [-0.3, -0.25) is 14.0 Å². The highest BCUT2D eigenvalue weighted by atomic mass is 35.5. The van der Waals surface area contributed by atoms with Crippen LogP contribution in [-0.4, -0.2) is 24.1 Å². The quantitative estimate of drug-likeness (QED) is 0.259. The van der Waals surface area contributed by atoms with Crippen molar-refractivity contribution >= 4 is 39.3 Å². The van der Waals surface area contributed by atoms with Crippen molar-refractivity contribution in [2.24, 2.45) is 0 Å². The Morgan fingerprint density at radius 2 is 1.74 bits per heavy atom. The summed E-state index contributed by atoms with van der Waals surface area (Å²) >= 11 is 5.85. The molecule has 3 aromatic heterocycles. The van der Waals surface area contributed by atoms with E-state index in [9.17, 15) is 17.6 Å². The minimum Gasteiger partial charge on any atom is -0.276 e. The lowest BCUT2D eigenvalue weighted by Crippen LogP contribution is -2.07. The Hall–Kier alpha value is -3.98. The standard InChI is InChI=1S/C24H12ClF4N5/c25-19-6-5-16(10-18(19)24(27,28)29)34-22-17-9-14(13-2-1-3-15(26)8-13)4-7-20(17)30-11-21(22)33-12-31-32-23(33)34/h1-12H. The van der Waals surface area contributed by atoms with Gasteiger partial charge in [-0.1, -0.05) is 29.8 Å². The van der Waals surface area contributed by atoms with Crippen molar-refractivity contribution in [1.82, 2.24) is 24.1 Å². The Kier molecular flexibility index (Phi) is 4.40. The van der Waals surface area contributed by atoms with Crippen molar-refractivity contribution in [2.75, 3.05) is 0 Å². The second-order valence-corrected chi connectivity index (χ2v) is 8.14. The predicted molar refractivity (Wildman–Crippen MR) is 121 cm³/mol. The van der Waals surface area contributed by atoms with Gasteiger partial charge in [0.05, 0.1) is 33.3 Å². The molecule has 5 nitrogen and oxygen atoms in total. The maximum atomic E-state index is 13.8. The fourth-order valence-electron chi connectivity index (χ4n) is 4.19. The molecule has 0 atom stereocenters. The van der Waals surface area contributed by atoms with Crippen LogP contribution in [0.5, 0.6) is 0 Å². The zero-order valence-corrected chi connectivity index (χ0v) is 17.8. The van der Waals surface area contributed by atoms with Gasteiger partial charge in [0.15, 0.2) is 0 Å². The molecule has 0 radical (unpaired) electrons. The fourth-order valence-corrected chi connectivity index (χ4v) is 4.42. The smallest absolute Gasteiger partial charge is 0.276 e. The number of fused-ring (bicyclic) bond motifs is 5. The summed E-state index contributed by atoms with van der Waals surface area (Å²) in [5.74, 6) is -0.0569. The van der Waals surface area contributed by atoms with E-state index in [4.69, 9.17) is 11.6 Å². The molecular formula is C24H12ClF4N5. The summed E-state index contributed by atoms with van der Waals surface area (Å²) in [7, 11) is 0. The summed E-state index contributed by atoms with van der Waals surface area (Å²) in [6.07, 6.45) is -1.54. The van der Waals surface area contributed by atoms with Gasteiger partial charge in [-0.25, -0.2) is 4.39 Å². The van der Waals surface area contributed by atoms with Crippen LogP contribution in [0.25, 0.3) is 44.5 Å². The molecule has 6 rings (SSSR count). The Labute approximate surface area is 193 Å². The molecule has 0 unspecified atom stereocenters. The minimum absolute atomic E-state index is 0.216. The van der Waals surface area contributed by atoms with Crippen LogP contribution in [-0.2, 0) is 6.18 Å². The van der Waals surface area contributed by atoms with Gasteiger partial charge >= 0.3 is 6.18 Å². The summed E-state index contributed by atoms with van der Waals surface area (Å²) < 4.78 is 57.9. The van der Waals surface area contributed by atoms with E-state index >= 15 is 0 Å². The van der Waals surface area contributed by atoms with Crippen LogP contribution in [0.4, 0.5) is 17.6 Å². The van der Waals surface area contributed by atoms with Crippen LogP contribution >= 0.6 is 11.6 Å². The van der Waals surface area contributed by atoms with E-state index in [2.05, 4.69) is 15.2 Å². The number of hydrogen-bond donors (Lipinski definition) is 0. The molecule has 34 heavy (non-hydrogen) atoms. The zero-order chi connectivity index (χ0) is 23.6. The molecular weight excluding hydrogens is 470 g/mol. The molecule has 0 bridgehead atoms. The van der Waals surface area contributed by atoms with Gasteiger partial charge < -0.3 is 0 Å². The lowest BCUT2D eigenvalue weighted by Gasteiger charge is -2.13. The van der Waals surface area contributed by atoms with Gasteiger partial charge in [0.25, 0.3) is 0 Å². The second kappa shape index (κ2) is 7.26. The minimum atomic E-state index is -4.63. The molecule has 10 heteroatoms. The third-order valence-electron chi connectivity index (χ3n) is 5.70. The molecule has 6 aromatic rings. The largest absolute Gasteiger partial charge is 0.417 e. The van der Waals surface area contributed by atoms with Gasteiger partial charge in [0.1, 0.15) is 12.1 Å². The monoisotopic (exact) mass is 481 g/mol. The van der Waals surface area contributed by atoms with Crippen molar-refractivity contribution in [3.8, 4) is 16.8 Å². The number of nitrogens with zero attached hydrogens (tertiary/aromatic N) is 5. The van der Waals surface area contributed by atoms with E-state index in [1.807, 2.05) is 12.1 Å². The van der Waals surface area contributed by atoms with Crippen molar-refractivity contribution in [3.05, 3.63) is 89.6 Å². The molecule has 0 saturated heterocycles. The topological polar surface area (TPSA) is 48.0 Å². The molecule has 0 aliphatic rings. The molecule has 0 N–H and O–H groups in total. The summed E-state index contributed by atoms with van der Waals surface area (Å²) in [6, 6.07) is 15.3. The van der Waals surface area contributed by atoms with Crippen LogP contribution in [0, 0.1) is 5.82 Å². The Bertz CT molecular complexity index is 1740. The van der Waals surface area contributed by atoms with Crippen LogP contribution in [0.2, 0.25) is 5.02 Å². The molecule has 3 heterocycles. The summed E-state index contributed by atoms with van der Waals surface area (Å²) in [5.41, 5.74) is 2.47. The van der Waals surface area contributed by atoms with Crippen LogP contribution < -0.4 is 0 Å². The SMILES string of the molecule is Fc1cccc(-c2ccc3ncc4c(c3c2)n(-c2ccc(Cl)c(C(F)(F)F)c2)c2nncn42)c1. The van der Waals surface area contributed by atoms with Gasteiger partial charge in [-0.15, -0.1) is 10.2 Å². The number of aromatic nitrogens is 5. The molecule has 3 aromatic carbocycles. The first-order valence-corrected chi connectivity index (χ1v) is 10.4. The Balaban J connectivity index is 1.71. The van der Waals surface area contributed by atoms with E-state index in [1.165, 1.54) is 30.6 Å². The lowest BCUT2D eigenvalue weighted by molar-refractivity contribution is -0.137. The van der Waals surface area contributed by atoms with Gasteiger partial charge in [-0.2, -0.15) is 13.2 Å². The average Bonchev–Trinajstić information content (AvgIpc) is 3.39. The highest BCUT2D eigenvalue weighted by Crippen LogP contribution is 2.38. The van der Waals surface area contributed by atoms with Crippen molar-refractivity contribution in [3.63, 3.8) is 0 Å². The number of alkyl halides is 3. The zero-order valence-electron chi connectivity index (χ0n) is 17.1. The summed E-state index contributed by atoms with van der Waals surface area (Å²) in [4.78, 5) is 4.50. The third kappa shape index (κ3) is 3.12. The van der Waals surface area contributed by atoms with Crippen molar-refractivity contribution in [2.45, 2.75) is 6.18 Å². The summed E-state index contributed by atoms with van der Waals surface area (Å²) in [6.45, 7) is 0. The first-order valence-electron chi connectivity index (χ1n) is 10.1. The second-order valence-electron chi connectivity index (χ2n) is 7.73. The molecule has 0 saturated carbocycles. The van der Waals surface area contributed by atoms with Crippen LogP contribution in [0.1, 0.15) is 5.56 Å². The highest BCUT2D eigenvalue weighted by molar-refractivity contribution is 6.31. The Morgan fingerprint density at radius 3 is 2.53 bits per heavy atom. The van der Waals surface area contributed by atoms with Gasteiger partial charge in [-0.05, 0) is 53.6 Å². The number of benzene rings is 3. The Morgan fingerprint density at radius 1 is 0.912 bits per heavy atom. The van der Waals surface area contributed by atoms with E-state index < -0.39 is 16.8 Å². The van der Waals surface area contributed by atoms with Crippen molar-refractivity contribution < 1.29 is 17.6 Å². The third-order valence-corrected chi connectivity index (χ3v) is 6.03. The number of halogens is 5. The van der Waals surface area contributed by atoms with E-state index in [-0.39, 0.29) is 11.5 Å². The fraction of sp³-hybridized carbons (Fsp3) is 0.0417. The van der Waals surface area contributed by atoms with E-state index in [0.29, 0.717) is 33.3 Å². The average molecular weight is 482 g/mol. The van der Waals surface area contributed by atoms with Gasteiger partial charge in [0.2, 0.25) is 5.78 Å². The molecule has 0 aliphatic heterocycles. The molecule has 0 aliphatic carbocycles. The number of hydrogen-bond acceptors (Lipinski definition) is 3. The number of imidazole rings is 1. The molecule has 0 amide bonds. The maximum Gasteiger partial charge on any atom is 0.417 e. The van der Waals surface area contributed by atoms with E-state index in [0.717, 1.165) is 11.6 Å². The molecule has 0 fully saturated rings. The van der Waals surface area contributed by atoms with Gasteiger partial charge in [0, 0.05) is 11.1 Å². The normalized spacial score (nSPS) is 12.3. The van der Waals surface area contributed by atoms with Crippen LogP contribution in [0.15, 0.2) is 73.2 Å². The summed E-state index contributed by atoms with van der Waals surface area (Å²) in [5, 5.41) is 8.31. The maximum absolute atomic E-state index is 13.8. The van der Waals surface area contributed by atoms with Crippen molar-refractivity contribution in [1.29, 1.82) is 0 Å².